The quantitative estimate of drug-likeness (QED) is 0.716. The molecule has 0 fully saturated rings. The molecule has 0 atom stereocenters. The van der Waals surface area contributed by atoms with E-state index in [2.05, 4.69) is 9.97 Å². The summed E-state index contributed by atoms with van der Waals surface area (Å²) in [5.74, 6) is 1.30. The zero-order valence-electron chi connectivity index (χ0n) is 10.8. The molecule has 3 aromatic rings. The molecule has 0 radical (unpaired) electrons. The average Bonchev–Trinajstić information content (AvgIpc) is 3.04. The van der Waals surface area contributed by atoms with Crippen molar-refractivity contribution in [1.29, 1.82) is 0 Å². The van der Waals surface area contributed by atoms with E-state index >= 15 is 0 Å². The van der Waals surface area contributed by atoms with Crippen molar-refractivity contribution in [2.45, 2.75) is 6.73 Å². The highest BCUT2D eigenvalue weighted by Crippen LogP contribution is 2.20. The van der Waals surface area contributed by atoms with Crippen LogP contribution < -0.4 is 4.74 Å². The largest absolute Gasteiger partial charge is 0.480 e. The van der Waals surface area contributed by atoms with Gasteiger partial charge in [-0.1, -0.05) is 12.1 Å². The van der Waals surface area contributed by atoms with Crippen LogP contribution >= 0.6 is 0 Å². The van der Waals surface area contributed by atoms with Crippen LogP contribution in [-0.2, 0) is 11.5 Å². The molecule has 0 N–H and O–H groups in total. The van der Waals surface area contributed by atoms with Crippen molar-refractivity contribution in [1.82, 2.24) is 19.1 Å². The maximum atomic E-state index is 5.25. The van der Waals surface area contributed by atoms with Gasteiger partial charge in [0.05, 0.1) is 24.3 Å². The Balaban J connectivity index is 2.18. The number of ether oxygens (including phenoxy) is 2. The number of para-hydroxylation sites is 2. The number of fused-ring (bicyclic) bond motifs is 1. The summed E-state index contributed by atoms with van der Waals surface area (Å²) in [5, 5.41) is 0. The fourth-order valence-corrected chi connectivity index (χ4v) is 2.04. The maximum absolute atomic E-state index is 5.25. The smallest absolute Gasteiger partial charge is 0.231 e. The number of nitrogens with zero attached hydrogens (tertiary/aromatic N) is 4. The van der Waals surface area contributed by atoms with Crippen molar-refractivity contribution in [3.05, 3.63) is 36.8 Å². The molecule has 0 bridgehead atoms. The molecule has 3 rings (SSSR count). The van der Waals surface area contributed by atoms with Gasteiger partial charge in [0.2, 0.25) is 11.8 Å². The fourth-order valence-electron chi connectivity index (χ4n) is 2.04. The Kier molecular flexibility index (Phi) is 2.92. The summed E-state index contributed by atoms with van der Waals surface area (Å²) in [6, 6.07) is 7.93. The molecule has 19 heavy (non-hydrogen) atoms. The Morgan fingerprint density at radius 2 is 2.05 bits per heavy atom. The summed E-state index contributed by atoms with van der Waals surface area (Å²) in [4.78, 5) is 8.73. The van der Waals surface area contributed by atoms with E-state index in [1.54, 1.807) is 26.7 Å². The van der Waals surface area contributed by atoms with E-state index in [1.807, 2.05) is 33.4 Å². The van der Waals surface area contributed by atoms with Gasteiger partial charge in [-0.15, -0.1) is 0 Å². The monoisotopic (exact) mass is 258 g/mol. The fraction of sp³-hybridized carbons (Fsp3) is 0.231. The highest BCUT2D eigenvalue weighted by Gasteiger charge is 2.12. The van der Waals surface area contributed by atoms with E-state index in [0.29, 0.717) is 12.6 Å². The second kappa shape index (κ2) is 4.74. The summed E-state index contributed by atoms with van der Waals surface area (Å²) in [7, 11) is 3.25. The Hall–Kier alpha value is -2.34. The molecule has 0 saturated carbocycles. The second-order valence-corrected chi connectivity index (χ2v) is 4.07. The van der Waals surface area contributed by atoms with E-state index in [4.69, 9.17) is 9.47 Å². The van der Waals surface area contributed by atoms with Crippen LogP contribution in [-0.4, -0.2) is 33.3 Å². The minimum atomic E-state index is 0.427. The van der Waals surface area contributed by atoms with Crippen molar-refractivity contribution in [2.75, 3.05) is 14.2 Å². The predicted octanol–water partition coefficient (Wildman–Crippen LogP) is 1.83. The van der Waals surface area contributed by atoms with Crippen LogP contribution in [0, 0.1) is 0 Å². The van der Waals surface area contributed by atoms with E-state index in [9.17, 15) is 0 Å². The summed E-state index contributed by atoms with van der Waals surface area (Å²) in [5.41, 5.74) is 1.94. The molecule has 2 aromatic heterocycles. The van der Waals surface area contributed by atoms with Crippen molar-refractivity contribution < 1.29 is 9.47 Å². The zero-order valence-corrected chi connectivity index (χ0v) is 10.8. The van der Waals surface area contributed by atoms with Crippen LogP contribution in [0.1, 0.15) is 0 Å². The van der Waals surface area contributed by atoms with Crippen molar-refractivity contribution >= 4 is 11.0 Å². The van der Waals surface area contributed by atoms with Gasteiger partial charge in [0.1, 0.15) is 13.1 Å². The van der Waals surface area contributed by atoms with Gasteiger partial charge in [0.15, 0.2) is 0 Å². The van der Waals surface area contributed by atoms with Crippen molar-refractivity contribution in [3.63, 3.8) is 0 Å². The van der Waals surface area contributed by atoms with Crippen LogP contribution in [0.5, 0.6) is 5.88 Å². The van der Waals surface area contributed by atoms with Crippen molar-refractivity contribution in [2.24, 2.45) is 0 Å². The van der Waals surface area contributed by atoms with Gasteiger partial charge in [-0.2, -0.15) is 0 Å². The van der Waals surface area contributed by atoms with Gasteiger partial charge >= 0.3 is 0 Å². The minimum absolute atomic E-state index is 0.427. The Morgan fingerprint density at radius 1 is 1.21 bits per heavy atom. The van der Waals surface area contributed by atoms with Crippen LogP contribution in [0.2, 0.25) is 0 Å². The maximum Gasteiger partial charge on any atom is 0.231 e. The van der Waals surface area contributed by atoms with Crippen molar-refractivity contribution in [3.8, 4) is 11.8 Å². The summed E-state index contributed by atoms with van der Waals surface area (Å²) in [6.07, 6.45) is 3.46. The van der Waals surface area contributed by atoms with E-state index in [1.165, 1.54) is 0 Å². The lowest BCUT2D eigenvalue weighted by atomic mass is 10.3. The summed E-state index contributed by atoms with van der Waals surface area (Å²) in [6.45, 7) is 0.427. The lowest BCUT2D eigenvalue weighted by Gasteiger charge is -2.07. The Morgan fingerprint density at radius 3 is 2.79 bits per heavy atom. The number of hydrogen-bond acceptors (Lipinski definition) is 4. The third-order valence-electron chi connectivity index (χ3n) is 2.89. The van der Waals surface area contributed by atoms with Crippen LogP contribution in [0.4, 0.5) is 0 Å². The standard InChI is InChI=1S/C13H14N4O2/c1-18-9-17-11-6-4-3-5-10(11)15-13(17)16-7-12(19-2)14-8-16/h3-8H,9H2,1-2H3. The summed E-state index contributed by atoms with van der Waals surface area (Å²) >= 11 is 0. The molecule has 1 aromatic carbocycles. The molecule has 2 heterocycles. The number of imidazole rings is 2. The molecule has 6 nitrogen and oxygen atoms in total. The third kappa shape index (κ3) is 1.96. The number of methoxy groups -OCH3 is 2. The molecule has 0 aliphatic heterocycles. The Labute approximate surface area is 110 Å². The molecule has 0 amide bonds. The molecule has 0 aliphatic rings. The molecular weight excluding hydrogens is 244 g/mol. The third-order valence-corrected chi connectivity index (χ3v) is 2.89. The van der Waals surface area contributed by atoms with Crippen LogP contribution in [0.15, 0.2) is 36.8 Å². The number of hydrogen-bond donors (Lipinski definition) is 0. The highest BCUT2D eigenvalue weighted by atomic mass is 16.5. The first-order valence-electron chi connectivity index (χ1n) is 5.86. The summed E-state index contributed by atoms with van der Waals surface area (Å²) < 4.78 is 14.1. The minimum Gasteiger partial charge on any atom is -0.480 e. The molecule has 98 valence electrons. The van der Waals surface area contributed by atoms with Crippen LogP contribution in [0.25, 0.3) is 17.0 Å². The van der Waals surface area contributed by atoms with Gasteiger partial charge in [-0.05, 0) is 12.1 Å². The van der Waals surface area contributed by atoms with E-state index < -0.39 is 0 Å². The molecular formula is C13H14N4O2. The molecule has 0 aliphatic carbocycles. The predicted molar refractivity (Wildman–Crippen MR) is 70.4 cm³/mol. The number of rotatable bonds is 4. The SMILES string of the molecule is COCn1c(-n2cnc(OC)c2)nc2ccccc21. The van der Waals surface area contributed by atoms with Crippen LogP contribution in [0.3, 0.4) is 0 Å². The first-order chi connectivity index (χ1) is 9.33. The molecule has 0 saturated heterocycles. The van der Waals surface area contributed by atoms with E-state index in [0.717, 1.165) is 17.0 Å². The van der Waals surface area contributed by atoms with Gasteiger partial charge in [0, 0.05) is 7.11 Å². The first-order valence-corrected chi connectivity index (χ1v) is 5.86. The normalized spacial score (nSPS) is 11.1. The molecule has 0 unspecified atom stereocenters. The van der Waals surface area contributed by atoms with E-state index in [-0.39, 0.29) is 0 Å². The Bertz CT molecular complexity index is 702. The first kappa shape index (κ1) is 11.7. The van der Waals surface area contributed by atoms with Gasteiger partial charge in [0.25, 0.3) is 0 Å². The number of benzene rings is 1. The van der Waals surface area contributed by atoms with Gasteiger partial charge in [-0.25, -0.2) is 9.97 Å². The zero-order chi connectivity index (χ0) is 13.2. The lowest BCUT2D eigenvalue weighted by molar-refractivity contribution is 0.134. The highest BCUT2D eigenvalue weighted by molar-refractivity contribution is 5.77. The average molecular weight is 258 g/mol. The topological polar surface area (TPSA) is 54.1 Å². The van der Waals surface area contributed by atoms with Gasteiger partial charge < -0.3 is 9.47 Å². The molecule has 0 spiro atoms. The molecule has 6 heteroatoms. The number of aromatic nitrogens is 4. The lowest BCUT2D eigenvalue weighted by Crippen LogP contribution is -2.07. The van der Waals surface area contributed by atoms with Gasteiger partial charge in [-0.3, -0.25) is 9.13 Å². The second-order valence-electron chi connectivity index (χ2n) is 4.07.